The van der Waals surface area contributed by atoms with Gasteiger partial charge in [0.2, 0.25) is 5.91 Å². The van der Waals surface area contributed by atoms with E-state index in [1.54, 1.807) is 19.2 Å². The van der Waals surface area contributed by atoms with E-state index in [2.05, 4.69) is 5.32 Å². The third-order valence-electron chi connectivity index (χ3n) is 2.97. The third kappa shape index (κ3) is 4.37. The Hall–Kier alpha value is -1.88. The summed E-state index contributed by atoms with van der Waals surface area (Å²) in [6.45, 7) is 4.79. The van der Waals surface area contributed by atoms with Crippen molar-refractivity contribution in [3.8, 4) is 5.75 Å². The van der Waals surface area contributed by atoms with Crippen molar-refractivity contribution in [2.75, 3.05) is 20.1 Å². The molecule has 0 spiro atoms. The van der Waals surface area contributed by atoms with Gasteiger partial charge in [0, 0.05) is 24.7 Å². The van der Waals surface area contributed by atoms with E-state index in [9.17, 15) is 14.7 Å². The maximum absolute atomic E-state index is 11.4. The Balaban J connectivity index is 2.86. The molecule has 0 heterocycles. The number of carbonyl (C=O) groups excluding carboxylic acids is 2. The lowest BCUT2D eigenvalue weighted by Gasteiger charge is -2.20. The molecule has 0 unspecified atom stereocenters. The summed E-state index contributed by atoms with van der Waals surface area (Å²) in [6.07, 6.45) is 0. The van der Waals surface area contributed by atoms with E-state index >= 15 is 0 Å². The zero-order chi connectivity index (χ0) is 14.4. The van der Waals surface area contributed by atoms with Crippen molar-refractivity contribution < 1.29 is 14.7 Å². The number of nitrogens with one attached hydrogen (secondary N) is 1. The number of phenols is 1. The lowest BCUT2D eigenvalue weighted by atomic mass is 10.1. The van der Waals surface area contributed by atoms with Gasteiger partial charge in [-0.25, -0.2) is 0 Å². The van der Waals surface area contributed by atoms with Gasteiger partial charge in [-0.15, -0.1) is 0 Å². The average Bonchev–Trinajstić information content (AvgIpc) is 2.39. The number of ketones is 1. The second kappa shape index (κ2) is 6.89. The summed E-state index contributed by atoms with van der Waals surface area (Å²) in [5, 5.41) is 12.4. The Kier molecular flexibility index (Phi) is 5.51. The molecule has 0 atom stereocenters. The van der Waals surface area contributed by atoms with Crippen molar-refractivity contribution in [3.05, 3.63) is 29.3 Å². The van der Waals surface area contributed by atoms with Crippen LogP contribution in [0.3, 0.4) is 0 Å². The minimum atomic E-state index is -0.0796. The van der Waals surface area contributed by atoms with Crippen LogP contribution in [0.15, 0.2) is 18.2 Å². The van der Waals surface area contributed by atoms with Crippen LogP contribution >= 0.6 is 0 Å². The Morgan fingerprint density at radius 1 is 1.37 bits per heavy atom. The molecule has 0 aliphatic rings. The van der Waals surface area contributed by atoms with Gasteiger partial charge in [-0.3, -0.25) is 14.5 Å². The van der Waals surface area contributed by atoms with Gasteiger partial charge in [-0.1, -0.05) is 6.92 Å². The van der Waals surface area contributed by atoms with Crippen LogP contribution in [-0.4, -0.2) is 41.8 Å². The molecule has 0 aliphatic carbocycles. The SMILES string of the molecule is CCN(CC(=O)NC)Cc1cc(C(C)=O)ccc1O. The molecule has 104 valence electrons. The highest BCUT2D eigenvalue weighted by Crippen LogP contribution is 2.20. The zero-order valence-electron chi connectivity index (χ0n) is 11.6. The fourth-order valence-corrected chi connectivity index (χ4v) is 1.73. The fourth-order valence-electron chi connectivity index (χ4n) is 1.73. The Morgan fingerprint density at radius 3 is 2.58 bits per heavy atom. The van der Waals surface area contributed by atoms with Gasteiger partial charge in [-0.2, -0.15) is 0 Å². The van der Waals surface area contributed by atoms with E-state index in [-0.39, 0.29) is 24.0 Å². The fraction of sp³-hybridized carbons (Fsp3) is 0.429. The topological polar surface area (TPSA) is 69.6 Å². The summed E-state index contributed by atoms with van der Waals surface area (Å²) in [5.41, 5.74) is 1.21. The van der Waals surface area contributed by atoms with Gasteiger partial charge in [0.15, 0.2) is 5.78 Å². The molecule has 0 fully saturated rings. The predicted molar refractivity (Wildman–Crippen MR) is 73.1 cm³/mol. The largest absolute Gasteiger partial charge is 0.508 e. The first-order valence-electron chi connectivity index (χ1n) is 6.23. The van der Waals surface area contributed by atoms with Gasteiger partial charge in [0.25, 0.3) is 0 Å². The zero-order valence-corrected chi connectivity index (χ0v) is 11.6. The first-order valence-corrected chi connectivity index (χ1v) is 6.23. The predicted octanol–water partition coefficient (Wildman–Crippen LogP) is 1.16. The molecule has 5 nitrogen and oxygen atoms in total. The van der Waals surface area contributed by atoms with Crippen molar-refractivity contribution in [1.29, 1.82) is 0 Å². The number of nitrogens with zero attached hydrogens (tertiary/aromatic N) is 1. The molecule has 0 bridgehead atoms. The number of amides is 1. The molecule has 1 aromatic rings. The van der Waals surface area contributed by atoms with Crippen LogP contribution in [-0.2, 0) is 11.3 Å². The van der Waals surface area contributed by atoms with Crippen LogP contribution in [0.1, 0.15) is 29.8 Å². The van der Waals surface area contributed by atoms with Gasteiger partial charge < -0.3 is 10.4 Å². The van der Waals surface area contributed by atoms with Gasteiger partial charge in [0.05, 0.1) is 6.54 Å². The van der Waals surface area contributed by atoms with E-state index in [1.165, 1.54) is 13.0 Å². The van der Waals surface area contributed by atoms with Crippen LogP contribution in [0, 0.1) is 0 Å². The van der Waals surface area contributed by atoms with Crippen LogP contribution in [0.5, 0.6) is 5.75 Å². The summed E-state index contributed by atoms with van der Waals surface area (Å²) in [4.78, 5) is 24.6. The van der Waals surface area contributed by atoms with E-state index in [0.717, 1.165) is 0 Å². The van der Waals surface area contributed by atoms with E-state index in [4.69, 9.17) is 0 Å². The number of benzene rings is 1. The number of Topliss-reactive ketones (excluding diaryl/α,β-unsaturated/α-hetero) is 1. The monoisotopic (exact) mass is 264 g/mol. The van der Waals surface area contributed by atoms with Crippen molar-refractivity contribution in [1.82, 2.24) is 10.2 Å². The molecular formula is C14H20N2O3. The summed E-state index contributed by atoms with van der Waals surface area (Å²) in [6, 6.07) is 4.78. The highest BCUT2D eigenvalue weighted by molar-refractivity contribution is 5.94. The molecule has 5 heteroatoms. The molecule has 1 aromatic carbocycles. The summed E-state index contributed by atoms with van der Waals surface area (Å²) >= 11 is 0. The van der Waals surface area contributed by atoms with Crippen molar-refractivity contribution in [2.24, 2.45) is 0 Å². The highest BCUT2D eigenvalue weighted by atomic mass is 16.3. The molecule has 19 heavy (non-hydrogen) atoms. The standard InChI is InChI=1S/C14H20N2O3/c1-4-16(9-14(19)15-3)8-12-7-11(10(2)17)5-6-13(12)18/h5-7,18H,4,8-9H2,1-3H3,(H,15,19). The normalized spacial score (nSPS) is 10.5. The first-order chi connectivity index (χ1) is 8.97. The number of hydrogen-bond acceptors (Lipinski definition) is 4. The second-order valence-corrected chi connectivity index (χ2v) is 4.38. The van der Waals surface area contributed by atoms with Gasteiger partial charge in [0.1, 0.15) is 5.75 Å². The summed E-state index contributed by atoms with van der Waals surface area (Å²) < 4.78 is 0. The first kappa shape index (κ1) is 15.2. The minimum absolute atomic E-state index is 0.0457. The number of rotatable bonds is 6. The minimum Gasteiger partial charge on any atom is -0.508 e. The van der Waals surface area contributed by atoms with Crippen LogP contribution < -0.4 is 5.32 Å². The molecule has 0 saturated heterocycles. The quantitative estimate of drug-likeness (QED) is 0.757. The number of aromatic hydroxyl groups is 1. The maximum Gasteiger partial charge on any atom is 0.233 e. The average molecular weight is 264 g/mol. The van der Waals surface area contributed by atoms with Crippen molar-refractivity contribution >= 4 is 11.7 Å². The molecule has 2 N–H and O–H groups in total. The van der Waals surface area contributed by atoms with Crippen LogP contribution in [0.4, 0.5) is 0 Å². The molecule has 1 amide bonds. The van der Waals surface area contributed by atoms with Gasteiger partial charge in [-0.05, 0) is 31.7 Å². The number of phenolic OH excluding ortho intramolecular Hbond substituents is 1. The van der Waals surface area contributed by atoms with Crippen molar-refractivity contribution in [3.63, 3.8) is 0 Å². The molecule has 0 radical (unpaired) electrons. The third-order valence-corrected chi connectivity index (χ3v) is 2.97. The Labute approximate surface area is 113 Å². The van der Waals surface area contributed by atoms with Gasteiger partial charge >= 0.3 is 0 Å². The van der Waals surface area contributed by atoms with E-state index < -0.39 is 0 Å². The number of likely N-dealkylation sites (N-methyl/N-ethyl adjacent to an activating group) is 2. The molecule has 0 aliphatic heterocycles. The maximum atomic E-state index is 11.4. The molecule has 0 saturated carbocycles. The lowest BCUT2D eigenvalue weighted by molar-refractivity contribution is -0.121. The molecule has 0 aromatic heterocycles. The second-order valence-electron chi connectivity index (χ2n) is 4.38. The highest BCUT2D eigenvalue weighted by Gasteiger charge is 2.12. The van der Waals surface area contributed by atoms with E-state index in [1.807, 2.05) is 11.8 Å². The van der Waals surface area contributed by atoms with Crippen LogP contribution in [0.25, 0.3) is 0 Å². The van der Waals surface area contributed by atoms with Crippen LogP contribution in [0.2, 0.25) is 0 Å². The summed E-state index contributed by atoms with van der Waals surface area (Å²) in [7, 11) is 1.59. The number of carbonyl (C=O) groups is 2. The Morgan fingerprint density at radius 2 is 2.05 bits per heavy atom. The van der Waals surface area contributed by atoms with Crippen molar-refractivity contribution in [2.45, 2.75) is 20.4 Å². The van der Waals surface area contributed by atoms with E-state index in [0.29, 0.717) is 24.2 Å². The summed E-state index contributed by atoms with van der Waals surface area (Å²) in [5.74, 6) is 0.0139. The Bertz CT molecular complexity index is 472. The number of hydrogen-bond donors (Lipinski definition) is 2. The molecular weight excluding hydrogens is 244 g/mol. The lowest BCUT2D eigenvalue weighted by Crippen LogP contribution is -2.35. The molecule has 1 rings (SSSR count). The smallest absolute Gasteiger partial charge is 0.233 e.